The smallest absolute Gasteiger partial charge is 0.157 e. The Hall–Kier alpha value is -2.47. The number of rotatable bonds is 4. The van der Waals surface area contributed by atoms with E-state index < -0.39 is 0 Å². The van der Waals surface area contributed by atoms with Gasteiger partial charge in [-0.2, -0.15) is 9.61 Å². The third kappa shape index (κ3) is 3.55. The molecule has 6 nitrogen and oxygen atoms in total. The summed E-state index contributed by atoms with van der Waals surface area (Å²) >= 11 is 0. The maximum Gasteiger partial charge on any atom is 0.157 e. The SMILES string of the molecule is CC(C)c1cc(N2CCCN(Cc3cccnc3)CC2)n2nccc2n1. The van der Waals surface area contributed by atoms with Gasteiger partial charge in [0.25, 0.3) is 0 Å². The van der Waals surface area contributed by atoms with Crippen LogP contribution in [-0.2, 0) is 6.54 Å². The Morgan fingerprint density at radius 3 is 2.81 bits per heavy atom. The zero-order valence-electron chi connectivity index (χ0n) is 15.5. The fraction of sp³-hybridized carbons (Fsp3) is 0.450. The van der Waals surface area contributed by atoms with Crippen molar-refractivity contribution in [3.8, 4) is 0 Å². The molecule has 0 radical (unpaired) electrons. The molecule has 0 N–H and O–H groups in total. The van der Waals surface area contributed by atoms with Crippen LogP contribution in [0.4, 0.5) is 5.82 Å². The molecule has 1 aliphatic heterocycles. The molecule has 0 saturated carbocycles. The van der Waals surface area contributed by atoms with Crippen molar-refractivity contribution in [2.24, 2.45) is 0 Å². The van der Waals surface area contributed by atoms with E-state index in [9.17, 15) is 0 Å². The molecule has 0 spiro atoms. The van der Waals surface area contributed by atoms with Gasteiger partial charge in [0, 0.05) is 62.9 Å². The van der Waals surface area contributed by atoms with Crippen molar-refractivity contribution in [1.82, 2.24) is 24.5 Å². The third-order valence-corrected chi connectivity index (χ3v) is 4.99. The average Bonchev–Trinajstić information content (AvgIpc) is 3.01. The molecule has 136 valence electrons. The summed E-state index contributed by atoms with van der Waals surface area (Å²) in [5.74, 6) is 1.56. The van der Waals surface area contributed by atoms with Gasteiger partial charge in [0.05, 0.1) is 6.20 Å². The molecule has 6 heteroatoms. The molecule has 0 aromatic carbocycles. The minimum atomic E-state index is 0.405. The largest absolute Gasteiger partial charge is 0.355 e. The topological polar surface area (TPSA) is 49.6 Å². The lowest BCUT2D eigenvalue weighted by molar-refractivity contribution is 0.285. The lowest BCUT2D eigenvalue weighted by Gasteiger charge is -2.25. The van der Waals surface area contributed by atoms with Crippen molar-refractivity contribution in [1.29, 1.82) is 0 Å². The van der Waals surface area contributed by atoms with E-state index in [0.717, 1.165) is 56.3 Å². The standard InChI is InChI=1S/C20H26N6/c1-16(2)18-13-20(26-19(23-18)6-8-22-26)25-10-4-9-24(11-12-25)15-17-5-3-7-21-14-17/h3,5-8,13-14,16H,4,9-12,15H2,1-2H3. The summed E-state index contributed by atoms with van der Waals surface area (Å²) in [6.45, 7) is 9.53. The van der Waals surface area contributed by atoms with Gasteiger partial charge in [0.2, 0.25) is 0 Å². The van der Waals surface area contributed by atoms with Crippen LogP contribution in [0.3, 0.4) is 0 Å². The van der Waals surface area contributed by atoms with E-state index in [4.69, 9.17) is 4.98 Å². The van der Waals surface area contributed by atoms with Crippen molar-refractivity contribution in [3.05, 3.63) is 54.1 Å². The first-order valence-corrected chi connectivity index (χ1v) is 9.41. The lowest BCUT2D eigenvalue weighted by atomic mass is 10.1. The maximum absolute atomic E-state index is 4.74. The zero-order chi connectivity index (χ0) is 17.9. The predicted molar refractivity (Wildman–Crippen MR) is 103 cm³/mol. The molecule has 3 aromatic heterocycles. The van der Waals surface area contributed by atoms with Gasteiger partial charge in [-0.15, -0.1) is 0 Å². The monoisotopic (exact) mass is 350 g/mol. The van der Waals surface area contributed by atoms with Crippen molar-refractivity contribution in [2.45, 2.75) is 32.7 Å². The zero-order valence-corrected chi connectivity index (χ0v) is 15.5. The van der Waals surface area contributed by atoms with Crippen molar-refractivity contribution >= 4 is 11.5 Å². The summed E-state index contributed by atoms with van der Waals surface area (Å²) in [6.07, 6.45) is 6.78. The summed E-state index contributed by atoms with van der Waals surface area (Å²) in [5, 5.41) is 4.50. The second-order valence-corrected chi connectivity index (χ2v) is 7.27. The summed E-state index contributed by atoms with van der Waals surface area (Å²) in [6, 6.07) is 8.36. The summed E-state index contributed by atoms with van der Waals surface area (Å²) in [4.78, 5) is 13.9. The normalized spacial score (nSPS) is 16.3. The van der Waals surface area contributed by atoms with Gasteiger partial charge in [0.1, 0.15) is 5.82 Å². The molecule has 4 rings (SSSR count). The lowest BCUT2D eigenvalue weighted by Crippen LogP contribution is -2.31. The number of anilines is 1. The molecule has 1 fully saturated rings. The highest BCUT2D eigenvalue weighted by Gasteiger charge is 2.19. The van der Waals surface area contributed by atoms with Crippen LogP contribution >= 0.6 is 0 Å². The first-order valence-electron chi connectivity index (χ1n) is 9.41. The van der Waals surface area contributed by atoms with Crippen LogP contribution in [0, 0.1) is 0 Å². The first kappa shape index (κ1) is 17.0. The maximum atomic E-state index is 4.74. The van der Waals surface area contributed by atoms with E-state index in [1.807, 2.05) is 35.2 Å². The van der Waals surface area contributed by atoms with Crippen LogP contribution in [0.5, 0.6) is 0 Å². The quantitative estimate of drug-likeness (QED) is 0.724. The van der Waals surface area contributed by atoms with E-state index in [1.54, 1.807) is 0 Å². The Morgan fingerprint density at radius 1 is 1.08 bits per heavy atom. The minimum Gasteiger partial charge on any atom is -0.355 e. The molecule has 3 aromatic rings. The van der Waals surface area contributed by atoms with Gasteiger partial charge in [-0.3, -0.25) is 9.88 Å². The van der Waals surface area contributed by atoms with Crippen LogP contribution in [0.25, 0.3) is 5.65 Å². The Kier molecular flexibility index (Phi) is 4.84. The summed E-state index contributed by atoms with van der Waals surface area (Å²) < 4.78 is 1.97. The molecule has 1 saturated heterocycles. The number of hydrogen-bond donors (Lipinski definition) is 0. The van der Waals surface area contributed by atoms with Crippen LogP contribution in [-0.4, -0.2) is 50.7 Å². The number of pyridine rings is 1. The molecule has 0 bridgehead atoms. The average molecular weight is 350 g/mol. The van der Waals surface area contributed by atoms with Gasteiger partial charge in [-0.1, -0.05) is 19.9 Å². The molecule has 0 atom stereocenters. The fourth-order valence-corrected chi connectivity index (χ4v) is 3.54. The highest BCUT2D eigenvalue weighted by atomic mass is 15.4. The van der Waals surface area contributed by atoms with Crippen LogP contribution in [0.15, 0.2) is 42.9 Å². The number of hydrogen-bond acceptors (Lipinski definition) is 5. The molecule has 0 aliphatic carbocycles. The van der Waals surface area contributed by atoms with Gasteiger partial charge in [-0.05, 0) is 24.0 Å². The van der Waals surface area contributed by atoms with Crippen LogP contribution in [0.2, 0.25) is 0 Å². The van der Waals surface area contributed by atoms with Gasteiger partial charge < -0.3 is 4.90 Å². The van der Waals surface area contributed by atoms with Gasteiger partial charge in [0.15, 0.2) is 5.65 Å². The van der Waals surface area contributed by atoms with Gasteiger partial charge >= 0.3 is 0 Å². The van der Waals surface area contributed by atoms with E-state index in [0.29, 0.717) is 5.92 Å². The van der Waals surface area contributed by atoms with Crippen LogP contribution < -0.4 is 4.90 Å². The summed E-state index contributed by atoms with van der Waals surface area (Å²) in [5.41, 5.74) is 3.34. The number of fused-ring (bicyclic) bond motifs is 1. The fourth-order valence-electron chi connectivity index (χ4n) is 3.54. The molecular weight excluding hydrogens is 324 g/mol. The molecule has 4 heterocycles. The molecule has 0 amide bonds. The third-order valence-electron chi connectivity index (χ3n) is 4.99. The number of aromatic nitrogens is 4. The highest BCUT2D eigenvalue weighted by Crippen LogP contribution is 2.23. The van der Waals surface area contributed by atoms with E-state index in [-0.39, 0.29) is 0 Å². The molecular formula is C20H26N6. The van der Waals surface area contributed by atoms with Crippen molar-refractivity contribution < 1.29 is 0 Å². The second-order valence-electron chi connectivity index (χ2n) is 7.27. The van der Waals surface area contributed by atoms with Gasteiger partial charge in [-0.25, -0.2) is 4.98 Å². The Bertz CT molecular complexity index is 857. The van der Waals surface area contributed by atoms with Crippen LogP contribution in [0.1, 0.15) is 37.4 Å². The first-order chi connectivity index (χ1) is 12.7. The highest BCUT2D eigenvalue weighted by molar-refractivity contribution is 5.51. The molecule has 1 aliphatic rings. The Labute approximate surface area is 154 Å². The van der Waals surface area contributed by atoms with E-state index in [1.165, 1.54) is 5.56 Å². The Balaban J connectivity index is 1.54. The second kappa shape index (κ2) is 7.41. The molecule has 0 unspecified atom stereocenters. The summed E-state index contributed by atoms with van der Waals surface area (Å²) in [7, 11) is 0. The minimum absolute atomic E-state index is 0.405. The van der Waals surface area contributed by atoms with Crippen molar-refractivity contribution in [2.75, 3.05) is 31.1 Å². The van der Waals surface area contributed by atoms with Crippen molar-refractivity contribution in [3.63, 3.8) is 0 Å². The molecule has 26 heavy (non-hydrogen) atoms. The Morgan fingerprint density at radius 2 is 2.00 bits per heavy atom. The predicted octanol–water partition coefficient (Wildman–Crippen LogP) is 2.96. The number of nitrogens with zero attached hydrogens (tertiary/aromatic N) is 6. The van der Waals surface area contributed by atoms with E-state index in [2.05, 4.69) is 45.9 Å². The van der Waals surface area contributed by atoms with E-state index >= 15 is 0 Å².